The smallest absolute Gasteiger partial charge is 0.350 e. The van der Waals surface area contributed by atoms with E-state index in [-0.39, 0.29) is 23.1 Å². The van der Waals surface area contributed by atoms with Gasteiger partial charge in [0.1, 0.15) is 4.88 Å². The molecule has 7 nitrogen and oxygen atoms in total. The Kier molecular flexibility index (Phi) is 6.41. The lowest BCUT2D eigenvalue weighted by molar-refractivity contribution is -0.124. The number of methoxy groups -OCH3 is 1. The number of carbonyl (C=O) groups excluding carboxylic acids is 3. The molecule has 2 N–H and O–H groups in total. The third-order valence-electron chi connectivity index (χ3n) is 7.32. The quantitative estimate of drug-likeness (QED) is 0.425. The summed E-state index contributed by atoms with van der Waals surface area (Å²) in [5, 5.41) is 6.51. The standard InChI is InChI=1S/C25H29N3O4S2/c1-14-21(23(31)32-2)34-24(26-14)27-22(30)18-5-3-4-6-19(18)33-13-20(29)28-25-10-15-7-16(11-25)9-17(8-15)12-25/h3-6,15-17H,7-13H2,1-2H3,(H,28,29)(H,26,27,30). The molecule has 0 saturated heterocycles. The maximum absolute atomic E-state index is 13.0. The Morgan fingerprint density at radius 3 is 2.41 bits per heavy atom. The molecule has 2 aromatic rings. The van der Waals surface area contributed by atoms with Gasteiger partial charge in [0.2, 0.25) is 5.91 Å². The number of aryl methyl sites for hydroxylation is 1. The molecule has 4 aliphatic carbocycles. The summed E-state index contributed by atoms with van der Waals surface area (Å²) in [6.07, 6.45) is 7.38. The molecule has 0 spiro atoms. The van der Waals surface area contributed by atoms with Crippen molar-refractivity contribution in [2.75, 3.05) is 18.2 Å². The average molecular weight is 500 g/mol. The van der Waals surface area contributed by atoms with Gasteiger partial charge >= 0.3 is 5.97 Å². The van der Waals surface area contributed by atoms with Crippen LogP contribution in [0.15, 0.2) is 29.2 Å². The van der Waals surface area contributed by atoms with Crippen LogP contribution < -0.4 is 10.6 Å². The van der Waals surface area contributed by atoms with Gasteiger partial charge in [0.05, 0.1) is 24.1 Å². The molecular weight excluding hydrogens is 470 g/mol. The lowest BCUT2D eigenvalue weighted by Gasteiger charge is -2.56. The van der Waals surface area contributed by atoms with E-state index in [0.29, 0.717) is 21.3 Å². The Labute approximate surface area is 207 Å². The SMILES string of the molecule is COC(=O)c1sc(NC(=O)c2ccccc2SCC(=O)NC23CC4CC(CC(C4)C2)C3)nc1C. The number of ether oxygens (including phenoxy) is 1. The van der Waals surface area contributed by atoms with Gasteiger partial charge in [-0.3, -0.25) is 14.9 Å². The van der Waals surface area contributed by atoms with Gasteiger partial charge in [-0.1, -0.05) is 23.5 Å². The zero-order chi connectivity index (χ0) is 23.9. The summed E-state index contributed by atoms with van der Waals surface area (Å²) in [6.45, 7) is 1.70. The Morgan fingerprint density at radius 2 is 1.76 bits per heavy atom. The first-order chi connectivity index (χ1) is 16.3. The van der Waals surface area contributed by atoms with E-state index in [0.717, 1.165) is 53.2 Å². The number of carbonyl (C=O) groups is 3. The number of esters is 1. The highest BCUT2D eigenvalue weighted by Gasteiger charge is 2.51. The van der Waals surface area contributed by atoms with Crippen molar-refractivity contribution in [1.82, 2.24) is 10.3 Å². The van der Waals surface area contributed by atoms with Gasteiger partial charge in [-0.2, -0.15) is 0 Å². The van der Waals surface area contributed by atoms with Crippen LogP contribution in [0.4, 0.5) is 5.13 Å². The van der Waals surface area contributed by atoms with Crippen LogP contribution in [-0.2, 0) is 9.53 Å². The van der Waals surface area contributed by atoms with Crippen molar-refractivity contribution in [3.63, 3.8) is 0 Å². The highest BCUT2D eigenvalue weighted by atomic mass is 32.2. The van der Waals surface area contributed by atoms with Crippen molar-refractivity contribution >= 4 is 46.0 Å². The van der Waals surface area contributed by atoms with Crippen LogP contribution in [-0.4, -0.2) is 41.2 Å². The number of anilines is 1. The van der Waals surface area contributed by atoms with Crippen LogP contribution in [0.3, 0.4) is 0 Å². The minimum Gasteiger partial charge on any atom is -0.465 e. The fourth-order valence-electron chi connectivity index (χ4n) is 6.42. The number of rotatable bonds is 7. The molecule has 6 rings (SSSR count). The highest BCUT2D eigenvalue weighted by molar-refractivity contribution is 8.00. The summed E-state index contributed by atoms with van der Waals surface area (Å²) in [6, 6.07) is 7.24. The average Bonchev–Trinajstić information content (AvgIpc) is 3.16. The number of hydrogen-bond donors (Lipinski definition) is 2. The maximum atomic E-state index is 13.0. The first kappa shape index (κ1) is 23.4. The molecule has 1 heterocycles. The summed E-state index contributed by atoms with van der Waals surface area (Å²) >= 11 is 2.46. The molecule has 4 fully saturated rings. The summed E-state index contributed by atoms with van der Waals surface area (Å²) in [7, 11) is 1.31. The predicted octanol–water partition coefficient (Wildman–Crippen LogP) is 4.67. The van der Waals surface area contributed by atoms with E-state index in [2.05, 4.69) is 15.6 Å². The van der Waals surface area contributed by atoms with Crippen molar-refractivity contribution in [3.05, 3.63) is 40.4 Å². The molecule has 2 amide bonds. The van der Waals surface area contributed by atoms with Gasteiger partial charge in [-0.25, -0.2) is 9.78 Å². The molecule has 9 heteroatoms. The fraction of sp³-hybridized carbons (Fsp3) is 0.520. The number of benzene rings is 1. The minimum absolute atomic E-state index is 0.0106. The molecule has 1 aromatic carbocycles. The van der Waals surface area contributed by atoms with Gasteiger partial charge in [-0.15, -0.1) is 11.8 Å². The zero-order valence-corrected chi connectivity index (χ0v) is 21.0. The molecule has 0 atom stereocenters. The van der Waals surface area contributed by atoms with E-state index in [9.17, 15) is 14.4 Å². The van der Waals surface area contributed by atoms with Gasteiger partial charge < -0.3 is 10.1 Å². The Balaban J connectivity index is 1.22. The van der Waals surface area contributed by atoms with Crippen molar-refractivity contribution in [3.8, 4) is 0 Å². The zero-order valence-electron chi connectivity index (χ0n) is 19.4. The first-order valence-electron chi connectivity index (χ1n) is 11.7. The topological polar surface area (TPSA) is 97.4 Å². The van der Waals surface area contributed by atoms with Gasteiger partial charge in [0.25, 0.3) is 5.91 Å². The van der Waals surface area contributed by atoms with Crippen LogP contribution in [0.1, 0.15) is 64.2 Å². The van der Waals surface area contributed by atoms with E-state index in [1.165, 1.54) is 38.1 Å². The number of thiazole rings is 1. The second-order valence-corrected chi connectivity index (χ2v) is 11.9. The maximum Gasteiger partial charge on any atom is 0.350 e. The number of nitrogens with one attached hydrogen (secondary N) is 2. The molecule has 4 saturated carbocycles. The third-order valence-corrected chi connectivity index (χ3v) is 9.45. The van der Waals surface area contributed by atoms with Gasteiger partial charge in [0.15, 0.2) is 5.13 Å². The summed E-state index contributed by atoms with van der Waals surface area (Å²) < 4.78 is 4.76. The summed E-state index contributed by atoms with van der Waals surface area (Å²) in [5.41, 5.74) is 0.974. The van der Waals surface area contributed by atoms with E-state index >= 15 is 0 Å². The lowest BCUT2D eigenvalue weighted by Crippen LogP contribution is -2.60. The van der Waals surface area contributed by atoms with Crippen LogP contribution in [0, 0.1) is 24.7 Å². The van der Waals surface area contributed by atoms with E-state index in [1.54, 1.807) is 19.1 Å². The predicted molar refractivity (Wildman–Crippen MR) is 132 cm³/mol. The van der Waals surface area contributed by atoms with Gasteiger partial charge in [0, 0.05) is 10.4 Å². The van der Waals surface area contributed by atoms with E-state index in [4.69, 9.17) is 4.74 Å². The van der Waals surface area contributed by atoms with Crippen molar-refractivity contribution in [1.29, 1.82) is 0 Å². The number of amides is 2. The Bertz CT molecular complexity index is 1090. The molecule has 1 aromatic heterocycles. The lowest BCUT2D eigenvalue weighted by atomic mass is 9.53. The Morgan fingerprint density at radius 1 is 1.12 bits per heavy atom. The van der Waals surface area contributed by atoms with Gasteiger partial charge in [-0.05, 0) is 75.3 Å². The van der Waals surface area contributed by atoms with Crippen LogP contribution >= 0.6 is 23.1 Å². The molecule has 180 valence electrons. The highest BCUT2D eigenvalue weighted by Crippen LogP contribution is 2.55. The summed E-state index contributed by atoms with van der Waals surface area (Å²) in [4.78, 5) is 43.1. The number of thioether (sulfide) groups is 1. The minimum atomic E-state index is -0.475. The Hall–Kier alpha value is -2.39. The number of nitrogens with zero attached hydrogens (tertiary/aromatic N) is 1. The number of hydrogen-bond acceptors (Lipinski definition) is 7. The summed E-state index contributed by atoms with van der Waals surface area (Å²) in [5.74, 6) is 1.84. The van der Waals surface area contributed by atoms with Crippen molar-refractivity contribution < 1.29 is 19.1 Å². The first-order valence-corrected chi connectivity index (χ1v) is 13.5. The van der Waals surface area contributed by atoms with E-state index in [1.807, 2.05) is 12.1 Å². The second-order valence-electron chi connectivity index (χ2n) is 9.91. The second kappa shape index (κ2) is 9.34. The third kappa shape index (κ3) is 4.73. The number of aromatic nitrogens is 1. The van der Waals surface area contributed by atoms with Crippen LogP contribution in [0.2, 0.25) is 0 Å². The molecule has 4 bridgehead atoms. The fourth-order valence-corrected chi connectivity index (χ4v) is 8.14. The van der Waals surface area contributed by atoms with Crippen LogP contribution in [0.25, 0.3) is 0 Å². The van der Waals surface area contributed by atoms with Crippen molar-refractivity contribution in [2.45, 2.75) is 55.9 Å². The van der Waals surface area contributed by atoms with Crippen molar-refractivity contribution in [2.24, 2.45) is 17.8 Å². The molecular formula is C25H29N3O4S2. The molecule has 4 aliphatic rings. The molecule has 0 radical (unpaired) electrons. The van der Waals surface area contributed by atoms with E-state index < -0.39 is 5.97 Å². The normalized spacial score (nSPS) is 26.8. The molecule has 0 unspecified atom stereocenters. The molecule has 0 aliphatic heterocycles. The largest absolute Gasteiger partial charge is 0.465 e. The molecule has 34 heavy (non-hydrogen) atoms. The monoisotopic (exact) mass is 499 g/mol. The van der Waals surface area contributed by atoms with Crippen LogP contribution in [0.5, 0.6) is 0 Å².